The summed E-state index contributed by atoms with van der Waals surface area (Å²) in [6, 6.07) is 14.0. The molecule has 0 aliphatic carbocycles. The molecule has 0 spiro atoms. The fourth-order valence-electron chi connectivity index (χ4n) is 4.54. The summed E-state index contributed by atoms with van der Waals surface area (Å²) in [5, 5.41) is 23.8. The topological polar surface area (TPSA) is 130 Å². The highest BCUT2D eigenvalue weighted by Crippen LogP contribution is 2.33. The van der Waals surface area contributed by atoms with Crippen molar-refractivity contribution >= 4 is 23.8 Å². The van der Waals surface area contributed by atoms with Crippen molar-refractivity contribution in [3.8, 4) is 22.4 Å². The summed E-state index contributed by atoms with van der Waals surface area (Å²) in [4.78, 5) is 24.1. The van der Waals surface area contributed by atoms with Gasteiger partial charge in [0.25, 0.3) is 0 Å². The smallest absolute Gasteiger partial charge is 0.233 e. The Kier molecular flexibility index (Phi) is 8.93. The molecule has 39 heavy (non-hydrogen) atoms. The molecule has 1 aliphatic heterocycles. The first-order valence-electron chi connectivity index (χ1n) is 13.4. The van der Waals surface area contributed by atoms with Gasteiger partial charge in [-0.15, -0.1) is 0 Å². The molecule has 0 bridgehead atoms. The number of amides is 1. The first kappa shape index (κ1) is 28.2. The number of aliphatic hydroxyl groups excluding tert-OH is 2. The Bertz CT molecular complexity index is 1320. The molecule has 3 aromatic rings. The quantitative estimate of drug-likeness (QED) is 0.357. The summed E-state index contributed by atoms with van der Waals surface area (Å²) < 4.78 is 1.68. The highest BCUT2D eigenvalue weighted by Gasteiger charge is 2.37. The van der Waals surface area contributed by atoms with E-state index in [1.54, 1.807) is 22.7 Å². The van der Waals surface area contributed by atoms with E-state index >= 15 is 0 Å². The zero-order chi connectivity index (χ0) is 28.0. The molecule has 1 amide bonds. The molecule has 3 heterocycles. The molecule has 1 aromatic carbocycles. The number of nitrogens with zero attached hydrogens (tertiary/aromatic N) is 5. The lowest BCUT2D eigenvalue weighted by Crippen LogP contribution is -2.49. The van der Waals surface area contributed by atoms with Crippen LogP contribution in [0.4, 0.5) is 5.82 Å². The van der Waals surface area contributed by atoms with E-state index in [1.807, 2.05) is 61.8 Å². The van der Waals surface area contributed by atoms with Gasteiger partial charge in [0.1, 0.15) is 5.82 Å². The number of hydrogen-bond donors (Lipinski definition) is 3. The zero-order valence-corrected chi connectivity index (χ0v) is 22.9. The van der Waals surface area contributed by atoms with Crippen LogP contribution in [-0.2, 0) is 4.79 Å². The SMILES string of the molecule is CC/C(C)=C(\N)n1ncc(-c2ccc(-c3ccccc3)nc2)c1/N=C/C1CCN(C(=O)C(C)(CO)CO)CC1. The molecule has 4 N–H and O–H groups in total. The number of carbonyl (C=O) groups is 1. The summed E-state index contributed by atoms with van der Waals surface area (Å²) in [5.74, 6) is 1.14. The molecule has 1 saturated heterocycles. The largest absolute Gasteiger partial charge is 0.395 e. The predicted octanol–water partition coefficient (Wildman–Crippen LogP) is 4.10. The second-order valence-electron chi connectivity index (χ2n) is 10.4. The minimum absolute atomic E-state index is 0.163. The van der Waals surface area contributed by atoms with Crippen LogP contribution in [0.3, 0.4) is 0 Å². The van der Waals surface area contributed by atoms with Crippen LogP contribution in [0.25, 0.3) is 28.2 Å². The number of aromatic nitrogens is 3. The highest BCUT2D eigenvalue weighted by atomic mass is 16.3. The minimum Gasteiger partial charge on any atom is -0.395 e. The van der Waals surface area contributed by atoms with E-state index in [0.717, 1.165) is 47.2 Å². The number of allylic oxidation sites excluding steroid dienone is 1. The highest BCUT2D eigenvalue weighted by molar-refractivity contribution is 5.83. The third kappa shape index (κ3) is 6.10. The Balaban J connectivity index is 1.58. The second kappa shape index (κ2) is 12.4. The average molecular weight is 531 g/mol. The molecular formula is C30H38N6O3. The number of aliphatic imine (C=N–C) groups is 1. The van der Waals surface area contributed by atoms with Crippen LogP contribution in [0, 0.1) is 11.3 Å². The number of nitrogens with two attached hydrogens (primary N) is 1. The molecule has 206 valence electrons. The van der Waals surface area contributed by atoms with Gasteiger partial charge in [-0.05, 0) is 50.7 Å². The van der Waals surface area contributed by atoms with Crippen LogP contribution in [0.1, 0.15) is 40.0 Å². The van der Waals surface area contributed by atoms with Gasteiger partial charge in [-0.3, -0.25) is 9.78 Å². The molecule has 2 aromatic heterocycles. The monoisotopic (exact) mass is 530 g/mol. The zero-order valence-electron chi connectivity index (χ0n) is 22.9. The van der Waals surface area contributed by atoms with Crippen LogP contribution in [0.5, 0.6) is 0 Å². The van der Waals surface area contributed by atoms with Crippen molar-refractivity contribution in [2.45, 2.75) is 40.0 Å². The van der Waals surface area contributed by atoms with Crippen LogP contribution in [0.15, 0.2) is 65.4 Å². The Morgan fingerprint density at radius 1 is 1.10 bits per heavy atom. The fraction of sp³-hybridized carbons (Fsp3) is 0.400. The third-order valence-electron chi connectivity index (χ3n) is 7.53. The van der Waals surface area contributed by atoms with Gasteiger partial charge in [-0.1, -0.05) is 43.3 Å². The number of pyridine rings is 1. The van der Waals surface area contributed by atoms with Gasteiger partial charge in [0.2, 0.25) is 5.91 Å². The van der Waals surface area contributed by atoms with E-state index in [4.69, 9.17) is 10.7 Å². The average Bonchev–Trinajstić information content (AvgIpc) is 3.43. The predicted molar refractivity (Wildman–Crippen MR) is 154 cm³/mol. The molecular weight excluding hydrogens is 492 g/mol. The summed E-state index contributed by atoms with van der Waals surface area (Å²) >= 11 is 0. The number of hydrogen-bond acceptors (Lipinski definition) is 7. The summed E-state index contributed by atoms with van der Waals surface area (Å²) in [6.45, 7) is 5.93. The van der Waals surface area contributed by atoms with E-state index in [9.17, 15) is 15.0 Å². The van der Waals surface area contributed by atoms with Crippen LogP contribution in [0.2, 0.25) is 0 Å². The fourth-order valence-corrected chi connectivity index (χ4v) is 4.54. The van der Waals surface area contributed by atoms with E-state index in [-0.39, 0.29) is 25.0 Å². The Labute approximate surface area is 229 Å². The number of likely N-dealkylation sites (tertiary alicyclic amines) is 1. The summed E-state index contributed by atoms with van der Waals surface area (Å²) in [6.07, 6.45) is 7.80. The van der Waals surface area contributed by atoms with Crippen LogP contribution in [-0.4, -0.2) is 68.3 Å². The van der Waals surface area contributed by atoms with E-state index in [2.05, 4.69) is 17.0 Å². The van der Waals surface area contributed by atoms with Crippen molar-refractivity contribution in [3.05, 3.63) is 60.4 Å². The van der Waals surface area contributed by atoms with Crippen molar-refractivity contribution in [2.24, 2.45) is 22.1 Å². The molecule has 0 saturated carbocycles. The standard InChI is InChI=1S/C30H38N6O3/c1-4-21(2)27(31)36-28(33-16-22-12-14-35(15-13-22)29(39)30(3,19-37)20-38)25(18-34-36)24-10-11-26(32-17-24)23-8-6-5-7-9-23/h5-11,16-18,22,37-38H,4,12-15,19-20,31H2,1-3H3/b27-21+,33-16+. The molecule has 0 unspecified atom stereocenters. The molecule has 1 aliphatic rings. The van der Waals surface area contributed by atoms with Crippen molar-refractivity contribution in [3.63, 3.8) is 0 Å². The van der Waals surface area contributed by atoms with Crippen molar-refractivity contribution in [1.29, 1.82) is 0 Å². The minimum atomic E-state index is -1.16. The van der Waals surface area contributed by atoms with Gasteiger partial charge in [0.05, 0.1) is 30.5 Å². The van der Waals surface area contributed by atoms with Gasteiger partial charge in [0.15, 0.2) is 5.82 Å². The lowest BCUT2D eigenvalue weighted by molar-refractivity contribution is -0.147. The number of piperidine rings is 1. The maximum Gasteiger partial charge on any atom is 0.233 e. The molecule has 9 heteroatoms. The molecule has 1 fully saturated rings. The van der Waals surface area contributed by atoms with Crippen LogP contribution < -0.4 is 5.73 Å². The summed E-state index contributed by atoms with van der Waals surface area (Å²) in [5.41, 5.74) is 9.99. The number of carbonyl (C=O) groups excluding carboxylic acids is 1. The van der Waals surface area contributed by atoms with Crippen molar-refractivity contribution in [2.75, 3.05) is 26.3 Å². The van der Waals surface area contributed by atoms with Gasteiger partial charge in [-0.2, -0.15) is 9.78 Å². The molecule has 4 rings (SSSR count). The number of rotatable bonds is 9. The van der Waals surface area contributed by atoms with Crippen molar-refractivity contribution < 1.29 is 15.0 Å². The Morgan fingerprint density at radius 3 is 2.38 bits per heavy atom. The van der Waals surface area contributed by atoms with E-state index < -0.39 is 5.41 Å². The Morgan fingerprint density at radius 2 is 1.79 bits per heavy atom. The lowest BCUT2D eigenvalue weighted by atomic mass is 9.89. The molecule has 0 atom stereocenters. The second-order valence-corrected chi connectivity index (χ2v) is 10.4. The van der Waals surface area contributed by atoms with Gasteiger partial charge >= 0.3 is 0 Å². The van der Waals surface area contributed by atoms with E-state index in [0.29, 0.717) is 24.7 Å². The first-order valence-corrected chi connectivity index (χ1v) is 13.4. The van der Waals surface area contributed by atoms with Crippen molar-refractivity contribution in [1.82, 2.24) is 19.7 Å². The maximum atomic E-state index is 12.8. The summed E-state index contributed by atoms with van der Waals surface area (Å²) in [7, 11) is 0. The molecule has 9 nitrogen and oxygen atoms in total. The van der Waals surface area contributed by atoms with Gasteiger partial charge < -0.3 is 20.8 Å². The Hall–Kier alpha value is -3.82. The van der Waals surface area contributed by atoms with Crippen LogP contribution >= 0.6 is 0 Å². The first-order chi connectivity index (χ1) is 18.8. The number of benzene rings is 1. The maximum absolute atomic E-state index is 12.8. The van der Waals surface area contributed by atoms with E-state index in [1.165, 1.54) is 0 Å². The lowest BCUT2D eigenvalue weighted by Gasteiger charge is -2.36. The normalized spacial score (nSPS) is 15.6. The number of aliphatic hydroxyl groups is 2. The van der Waals surface area contributed by atoms with Gasteiger partial charge in [0, 0.05) is 42.2 Å². The van der Waals surface area contributed by atoms with Gasteiger partial charge in [-0.25, -0.2) is 4.99 Å². The third-order valence-corrected chi connectivity index (χ3v) is 7.53. The molecule has 0 radical (unpaired) electrons.